The zero-order valence-corrected chi connectivity index (χ0v) is 13.7. The van der Waals surface area contributed by atoms with E-state index in [1.807, 2.05) is 32.5 Å². The SMILES string of the molecule is Cc1nn(C)c(C)c1CC(C)C(=O)N(C)CC(C)C(=O)O. The Morgan fingerprint density at radius 3 is 2.29 bits per heavy atom. The van der Waals surface area contributed by atoms with E-state index >= 15 is 0 Å². The first-order valence-electron chi connectivity index (χ1n) is 7.12. The smallest absolute Gasteiger partial charge is 0.308 e. The van der Waals surface area contributed by atoms with Gasteiger partial charge in [0.2, 0.25) is 5.91 Å². The van der Waals surface area contributed by atoms with E-state index in [0.717, 1.165) is 17.0 Å². The zero-order chi connectivity index (χ0) is 16.3. The quantitative estimate of drug-likeness (QED) is 0.860. The van der Waals surface area contributed by atoms with E-state index in [1.54, 1.807) is 14.0 Å². The van der Waals surface area contributed by atoms with Gasteiger partial charge in [0.1, 0.15) is 0 Å². The number of carbonyl (C=O) groups is 2. The lowest BCUT2D eigenvalue weighted by molar-refractivity contribution is -0.143. The summed E-state index contributed by atoms with van der Waals surface area (Å²) in [6.07, 6.45) is 0.621. The van der Waals surface area contributed by atoms with Crippen LogP contribution in [-0.2, 0) is 23.1 Å². The van der Waals surface area contributed by atoms with Crippen LogP contribution in [0.3, 0.4) is 0 Å². The van der Waals surface area contributed by atoms with Crippen molar-refractivity contribution in [2.45, 2.75) is 34.1 Å². The van der Waals surface area contributed by atoms with Crippen LogP contribution in [0.15, 0.2) is 0 Å². The molecule has 0 fully saturated rings. The molecule has 2 atom stereocenters. The van der Waals surface area contributed by atoms with E-state index in [9.17, 15) is 9.59 Å². The Morgan fingerprint density at radius 2 is 1.86 bits per heavy atom. The molecule has 1 rings (SSSR count). The number of hydrogen-bond acceptors (Lipinski definition) is 3. The second-order valence-corrected chi connectivity index (χ2v) is 5.84. The summed E-state index contributed by atoms with van der Waals surface area (Å²) in [7, 11) is 3.54. The first-order chi connectivity index (χ1) is 9.65. The Hall–Kier alpha value is -1.85. The Kier molecular flexibility index (Phi) is 5.52. The molecule has 0 aliphatic rings. The van der Waals surface area contributed by atoms with Gasteiger partial charge < -0.3 is 10.0 Å². The maximum Gasteiger partial charge on any atom is 0.308 e. The number of amides is 1. The summed E-state index contributed by atoms with van der Waals surface area (Å²) in [6.45, 7) is 7.63. The van der Waals surface area contributed by atoms with Crippen molar-refractivity contribution >= 4 is 11.9 Å². The Balaban J connectivity index is 2.72. The molecule has 118 valence electrons. The normalized spacial score (nSPS) is 13.8. The average Bonchev–Trinajstić information content (AvgIpc) is 2.64. The van der Waals surface area contributed by atoms with Gasteiger partial charge in [-0.1, -0.05) is 13.8 Å². The Labute approximate surface area is 125 Å². The van der Waals surface area contributed by atoms with Crippen LogP contribution in [0.5, 0.6) is 0 Å². The lowest BCUT2D eigenvalue weighted by atomic mass is 9.98. The number of aryl methyl sites for hydroxylation is 2. The van der Waals surface area contributed by atoms with Crippen molar-refractivity contribution in [3.05, 3.63) is 17.0 Å². The molecule has 2 unspecified atom stereocenters. The van der Waals surface area contributed by atoms with Crippen molar-refractivity contribution in [2.24, 2.45) is 18.9 Å². The van der Waals surface area contributed by atoms with E-state index in [-0.39, 0.29) is 18.4 Å². The number of aromatic nitrogens is 2. The molecule has 1 amide bonds. The van der Waals surface area contributed by atoms with E-state index in [1.165, 1.54) is 4.90 Å². The van der Waals surface area contributed by atoms with E-state index < -0.39 is 11.9 Å². The molecule has 0 aliphatic heterocycles. The maximum absolute atomic E-state index is 12.3. The van der Waals surface area contributed by atoms with Gasteiger partial charge in [-0.15, -0.1) is 0 Å². The topological polar surface area (TPSA) is 75.4 Å². The van der Waals surface area contributed by atoms with E-state index in [0.29, 0.717) is 6.42 Å². The van der Waals surface area contributed by atoms with Gasteiger partial charge >= 0.3 is 5.97 Å². The highest BCUT2D eigenvalue weighted by molar-refractivity contribution is 5.79. The number of carboxylic acids is 1. The third-order valence-corrected chi connectivity index (χ3v) is 3.94. The minimum atomic E-state index is -0.888. The molecule has 0 bridgehead atoms. The van der Waals surface area contributed by atoms with Crippen LogP contribution in [0.4, 0.5) is 0 Å². The minimum absolute atomic E-state index is 0.0363. The van der Waals surface area contributed by atoms with Gasteiger partial charge in [0.05, 0.1) is 11.6 Å². The molecule has 0 saturated carbocycles. The fourth-order valence-electron chi connectivity index (χ4n) is 2.46. The van der Waals surface area contributed by atoms with Gasteiger partial charge in [-0.2, -0.15) is 5.10 Å². The number of carboxylic acid groups (broad SMARTS) is 1. The monoisotopic (exact) mass is 295 g/mol. The molecule has 6 heteroatoms. The number of rotatable bonds is 6. The highest BCUT2D eigenvalue weighted by atomic mass is 16.4. The minimum Gasteiger partial charge on any atom is -0.481 e. The summed E-state index contributed by atoms with van der Waals surface area (Å²) < 4.78 is 1.82. The zero-order valence-electron chi connectivity index (χ0n) is 13.7. The Bertz CT molecular complexity index is 537. The standard InChI is InChI=1S/C15H25N3O3/c1-9(7-13-11(3)16-18(6)12(13)4)14(19)17(5)8-10(2)15(20)21/h9-10H,7-8H2,1-6H3,(H,20,21). The second-order valence-electron chi connectivity index (χ2n) is 5.84. The van der Waals surface area contributed by atoms with Gasteiger partial charge in [0.25, 0.3) is 0 Å². The molecular weight excluding hydrogens is 270 g/mol. The summed E-state index contributed by atoms with van der Waals surface area (Å²) in [5.74, 6) is -1.68. The Morgan fingerprint density at radius 1 is 1.29 bits per heavy atom. The van der Waals surface area contributed by atoms with Crippen molar-refractivity contribution in [1.82, 2.24) is 14.7 Å². The molecule has 1 aromatic rings. The molecule has 0 aromatic carbocycles. The van der Waals surface area contributed by atoms with Crippen molar-refractivity contribution in [3.63, 3.8) is 0 Å². The second kappa shape index (κ2) is 6.74. The predicted molar refractivity (Wildman–Crippen MR) is 80.0 cm³/mol. The van der Waals surface area contributed by atoms with Crippen LogP contribution in [0.1, 0.15) is 30.8 Å². The number of hydrogen-bond donors (Lipinski definition) is 1. The molecule has 6 nitrogen and oxygen atoms in total. The molecule has 1 aromatic heterocycles. The third kappa shape index (κ3) is 4.06. The summed E-state index contributed by atoms with van der Waals surface area (Å²) in [5, 5.41) is 13.3. The van der Waals surface area contributed by atoms with Crippen molar-refractivity contribution < 1.29 is 14.7 Å². The van der Waals surface area contributed by atoms with Gasteiger partial charge in [0, 0.05) is 32.3 Å². The van der Waals surface area contributed by atoms with Crippen LogP contribution in [0.2, 0.25) is 0 Å². The maximum atomic E-state index is 12.3. The average molecular weight is 295 g/mol. The van der Waals surface area contributed by atoms with Crippen LogP contribution >= 0.6 is 0 Å². The lowest BCUT2D eigenvalue weighted by Gasteiger charge is -2.23. The summed E-state index contributed by atoms with van der Waals surface area (Å²) >= 11 is 0. The molecule has 0 aliphatic carbocycles. The molecule has 0 saturated heterocycles. The third-order valence-electron chi connectivity index (χ3n) is 3.94. The highest BCUT2D eigenvalue weighted by Gasteiger charge is 2.23. The van der Waals surface area contributed by atoms with Crippen LogP contribution in [0, 0.1) is 25.7 Å². The van der Waals surface area contributed by atoms with Gasteiger partial charge in [-0.05, 0) is 25.8 Å². The summed E-state index contributed by atoms with van der Waals surface area (Å²) in [6, 6.07) is 0. The molecule has 0 radical (unpaired) electrons. The fourth-order valence-corrected chi connectivity index (χ4v) is 2.46. The van der Waals surface area contributed by atoms with Crippen LogP contribution in [0.25, 0.3) is 0 Å². The molecule has 1 heterocycles. The van der Waals surface area contributed by atoms with Crippen LogP contribution < -0.4 is 0 Å². The first kappa shape index (κ1) is 17.2. The molecule has 1 N–H and O–H groups in total. The number of carbonyl (C=O) groups excluding carboxylic acids is 1. The first-order valence-corrected chi connectivity index (χ1v) is 7.12. The van der Waals surface area contributed by atoms with Gasteiger partial charge in [-0.3, -0.25) is 14.3 Å². The molecule has 21 heavy (non-hydrogen) atoms. The summed E-state index contributed by atoms with van der Waals surface area (Å²) in [5.41, 5.74) is 3.10. The molecule has 0 spiro atoms. The highest BCUT2D eigenvalue weighted by Crippen LogP contribution is 2.18. The van der Waals surface area contributed by atoms with Crippen molar-refractivity contribution in [3.8, 4) is 0 Å². The molecular formula is C15H25N3O3. The predicted octanol–water partition coefficient (Wildman–Crippen LogP) is 1.39. The van der Waals surface area contributed by atoms with Gasteiger partial charge in [0.15, 0.2) is 0 Å². The van der Waals surface area contributed by atoms with Gasteiger partial charge in [-0.25, -0.2) is 0 Å². The van der Waals surface area contributed by atoms with Crippen molar-refractivity contribution in [1.29, 1.82) is 0 Å². The lowest BCUT2D eigenvalue weighted by Crippen LogP contribution is -2.37. The number of nitrogens with zero attached hydrogens (tertiary/aromatic N) is 3. The fraction of sp³-hybridized carbons (Fsp3) is 0.667. The number of aliphatic carboxylic acids is 1. The largest absolute Gasteiger partial charge is 0.481 e. The van der Waals surface area contributed by atoms with Crippen molar-refractivity contribution in [2.75, 3.05) is 13.6 Å². The summed E-state index contributed by atoms with van der Waals surface area (Å²) in [4.78, 5) is 24.7. The van der Waals surface area contributed by atoms with E-state index in [4.69, 9.17) is 5.11 Å². The van der Waals surface area contributed by atoms with E-state index in [2.05, 4.69) is 5.10 Å². The van der Waals surface area contributed by atoms with Crippen LogP contribution in [-0.4, -0.2) is 45.3 Å².